The zero-order chi connectivity index (χ0) is 10.0. The molecule has 0 saturated carbocycles. The summed E-state index contributed by atoms with van der Waals surface area (Å²) in [5.74, 6) is -1.30. The molecular formula is C8H13NO4. The van der Waals surface area contributed by atoms with Gasteiger partial charge in [0.25, 0.3) is 0 Å². The predicted molar refractivity (Wildman–Crippen MR) is 44.3 cm³/mol. The molecule has 0 aromatic carbocycles. The molecule has 0 aromatic heterocycles. The Balaban J connectivity index is 2.61. The van der Waals surface area contributed by atoms with Gasteiger partial charge in [-0.1, -0.05) is 0 Å². The van der Waals surface area contributed by atoms with E-state index in [2.05, 4.69) is 4.74 Å². The van der Waals surface area contributed by atoms with Gasteiger partial charge in [0, 0.05) is 12.6 Å². The maximum absolute atomic E-state index is 11.1. The van der Waals surface area contributed by atoms with Crippen LogP contribution < -0.4 is 0 Å². The summed E-state index contributed by atoms with van der Waals surface area (Å²) in [5.41, 5.74) is 0. The Morgan fingerprint density at radius 3 is 2.54 bits per heavy atom. The van der Waals surface area contributed by atoms with Crippen molar-refractivity contribution in [1.29, 1.82) is 0 Å². The first kappa shape index (κ1) is 9.83. The minimum absolute atomic E-state index is 0.0476. The number of likely N-dealkylation sites (tertiary alicyclic amines) is 1. The van der Waals surface area contributed by atoms with Gasteiger partial charge in [-0.25, -0.2) is 4.79 Å². The first-order valence-corrected chi connectivity index (χ1v) is 4.13. The highest BCUT2D eigenvalue weighted by Gasteiger charge is 2.36. The molecular weight excluding hydrogens is 174 g/mol. The number of methoxy groups -OCH3 is 1. The van der Waals surface area contributed by atoms with Gasteiger partial charge < -0.3 is 14.7 Å². The third-order valence-corrected chi connectivity index (χ3v) is 2.33. The lowest BCUT2D eigenvalue weighted by atomic mass is 10.1. The van der Waals surface area contributed by atoms with Crippen molar-refractivity contribution in [3.8, 4) is 0 Å². The SMILES string of the molecule is COC(=O)N1CC(C(=O)O)CC1C. The zero-order valence-electron chi connectivity index (χ0n) is 7.69. The van der Waals surface area contributed by atoms with Crippen molar-refractivity contribution < 1.29 is 19.4 Å². The van der Waals surface area contributed by atoms with Crippen molar-refractivity contribution in [3.05, 3.63) is 0 Å². The molecule has 74 valence electrons. The largest absolute Gasteiger partial charge is 0.481 e. The topological polar surface area (TPSA) is 66.8 Å². The number of carbonyl (C=O) groups excluding carboxylic acids is 1. The van der Waals surface area contributed by atoms with Crippen LogP contribution in [-0.4, -0.2) is 41.8 Å². The average Bonchev–Trinajstić information content (AvgIpc) is 2.46. The number of rotatable bonds is 1. The van der Waals surface area contributed by atoms with Crippen molar-refractivity contribution in [2.24, 2.45) is 5.92 Å². The Bertz CT molecular complexity index is 228. The summed E-state index contributed by atoms with van der Waals surface area (Å²) in [4.78, 5) is 23.2. The Hall–Kier alpha value is -1.26. The van der Waals surface area contributed by atoms with Crippen molar-refractivity contribution in [1.82, 2.24) is 4.90 Å². The summed E-state index contributed by atoms with van der Waals surface area (Å²) in [6.07, 6.45) is 0.0565. The summed E-state index contributed by atoms with van der Waals surface area (Å²) in [6, 6.07) is -0.0476. The van der Waals surface area contributed by atoms with Crippen LogP contribution in [0.15, 0.2) is 0 Å². The van der Waals surface area contributed by atoms with Crippen molar-refractivity contribution in [2.75, 3.05) is 13.7 Å². The zero-order valence-corrected chi connectivity index (χ0v) is 7.69. The molecule has 1 aliphatic rings. The van der Waals surface area contributed by atoms with E-state index in [1.807, 2.05) is 6.92 Å². The first-order chi connectivity index (χ1) is 6.06. The molecule has 0 spiro atoms. The van der Waals surface area contributed by atoms with Crippen LogP contribution in [0, 0.1) is 5.92 Å². The number of nitrogens with zero attached hydrogens (tertiary/aromatic N) is 1. The molecule has 0 aromatic rings. The van der Waals surface area contributed by atoms with E-state index in [0.717, 1.165) is 0 Å². The van der Waals surface area contributed by atoms with E-state index < -0.39 is 18.0 Å². The molecule has 13 heavy (non-hydrogen) atoms. The van der Waals surface area contributed by atoms with Gasteiger partial charge in [0.2, 0.25) is 0 Å². The van der Waals surface area contributed by atoms with Crippen LogP contribution in [0.4, 0.5) is 4.79 Å². The number of aliphatic carboxylic acids is 1. The highest BCUT2D eigenvalue weighted by atomic mass is 16.5. The van der Waals surface area contributed by atoms with Gasteiger partial charge in [-0.3, -0.25) is 4.79 Å². The molecule has 1 fully saturated rings. The van der Waals surface area contributed by atoms with E-state index in [0.29, 0.717) is 6.42 Å². The van der Waals surface area contributed by atoms with E-state index in [4.69, 9.17) is 5.11 Å². The maximum atomic E-state index is 11.1. The number of hydrogen-bond acceptors (Lipinski definition) is 3. The van der Waals surface area contributed by atoms with E-state index in [9.17, 15) is 9.59 Å². The minimum atomic E-state index is -0.849. The minimum Gasteiger partial charge on any atom is -0.481 e. The van der Waals surface area contributed by atoms with Crippen LogP contribution >= 0.6 is 0 Å². The van der Waals surface area contributed by atoms with Gasteiger partial charge in [0.1, 0.15) is 0 Å². The Morgan fingerprint density at radius 2 is 2.15 bits per heavy atom. The van der Waals surface area contributed by atoms with Crippen LogP contribution in [0.5, 0.6) is 0 Å². The van der Waals surface area contributed by atoms with Crippen LogP contribution in [0.25, 0.3) is 0 Å². The Kier molecular flexibility index (Phi) is 2.75. The highest BCUT2D eigenvalue weighted by Crippen LogP contribution is 2.23. The van der Waals surface area contributed by atoms with E-state index in [1.165, 1.54) is 12.0 Å². The molecule has 0 radical (unpaired) electrons. The molecule has 0 bridgehead atoms. The lowest BCUT2D eigenvalue weighted by Crippen LogP contribution is -2.34. The Labute approximate surface area is 76.3 Å². The smallest absolute Gasteiger partial charge is 0.409 e. The predicted octanol–water partition coefficient (Wildman–Crippen LogP) is 0.548. The molecule has 1 heterocycles. The number of carboxylic acids is 1. The fourth-order valence-corrected chi connectivity index (χ4v) is 1.58. The molecule has 1 saturated heterocycles. The van der Waals surface area contributed by atoms with E-state index >= 15 is 0 Å². The fourth-order valence-electron chi connectivity index (χ4n) is 1.58. The van der Waals surface area contributed by atoms with Crippen LogP contribution in [-0.2, 0) is 9.53 Å². The fraction of sp³-hybridized carbons (Fsp3) is 0.750. The standard InChI is InChI=1S/C8H13NO4/c1-5-3-6(7(10)11)4-9(5)8(12)13-2/h5-6H,3-4H2,1-2H3,(H,10,11). The second-order valence-electron chi connectivity index (χ2n) is 3.24. The molecule has 5 nitrogen and oxygen atoms in total. The third kappa shape index (κ3) is 1.91. The number of ether oxygens (including phenoxy) is 1. The van der Waals surface area contributed by atoms with Crippen LogP contribution in [0.3, 0.4) is 0 Å². The number of carbonyl (C=O) groups is 2. The summed E-state index contributed by atoms with van der Waals surface area (Å²) in [7, 11) is 1.29. The quantitative estimate of drug-likeness (QED) is 0.650. The van der Waals surface area contributed by atoms with Gasteiger partial charge in [-0.2, -0.15) is 0 Å². The first-order valence-electron chi connectivity index (χ1n) is 4.13. The number of hydrogen-bond donors (Lipinski definition) is 1. The molecule has 1 amide bonds. The lowest BCUT2D eigenvalue weighted by Gasteiger charge is -2.18. The molecule has 1 rings (SSSR count). The summed E-state index contributed by atoms with van der Waals surface area (Å²) >= 11 is 0. The average molecular weight is 187 g/mol. The highest BCUT2D eigenvalue weighted by molar-refractivity contribution is 5.74. The maximum Gasteiger partial charge on any atom is 0.409 e. The second-order valence-corrected chi connectivity index (χ2v) is 3.24. The van der Waals surface area contributed by atoms with Crippen LogP contribution in [0.2, 0.25) is 0 Å². The van der Waals surface area contributed by atoms with E-state index in [1.54, 1.807) is 0 Å². The summed E-state index contributed by atoms with van der Waals surface area (Å²) in [6.45, 7) is 2.07. The normalized spacial score (nSPS) is 27.4. The lowest BCUT2D eigenvalue weighted by molar-refractivity contribution is -0.141. The van der Waals surface area contributed by atoms with Crippen molar-refractivity contribution >= 4 is 12.1 Å². The molecule has 5 heteroatoms. The second kappa shape index (κ2) is 3.64. The number of amides is 1. The molecule has 1 N–H and O–H groups in total. The van der Waals surface area contributed by atoms with Crippen molar-refractivity contribution in [2.45, 2.75) is 19.4 Å². The van der Waals surface area contributed by atoms with E-state index in [-0.39, 0.29) is 12.6 Å². The van der Waals surface area contributed by atoms with Gasteiger partial charge in [0.15, 0.2) is 0 Å². The van der Waals surface area contributed by atoms with Crippen LogP contribution in [0.1, 0.15) is 13.3 Å². The summed E-state index contributed by atoms with van der Waals surface area (Å²) < 4.78 is 4.53. The molecule has 2 unspecified atom stereocenters. The van der Waals surface area contributed by atoms with Crippen molar-refractivity contribution in [3.63, 3.8) is 0 Å². The third-order valence-electron chi connectivity index (χ3n) is 2.33. The van der Waals surface area contributed by atoms with Gasteiger partial charge in [-0.05, 0) is 13.3 Å². The van der Waals surface area contributed by atoms with Gasteiger partial charge in [-0.15, -0.1) is 0 Å². The number of carboxylic acid groups (broad SMARTS) is 1. The molecule has 2 atom stereocenters. The summed E-state index contributed by atoms with van der Waals surface area (Å²) in [5, 5.41) is 8.72. The van der Waals surface area contributed by atoms with Gasteiger partial charge in [0.05, 0.1) is 13.0 Å². The monoisotopic (exact) mass is 187 g/mol. The molecule has 1 aliphatic heterocycles. The van der Waals surface area contributed by atoms with Gasteiger partial charge >= 0.3 is 12.1 Å². The Morgan fingerprint density at radius 1 is 1.54 bits per heavy atom. The molecule has 0 aliphatic carbocycles.